The number of carbonyl (C=O) groups is 1. The Morgan fingerprint density at radius 1 is 1.03 bits per heavy atom. The summed E-state index contributed by atoms with van der Waals surface area (Å²) >= 11 is 0. The summed E-state index contributed by atoms with van der Waals surface area (Å²) in [6.45, 7) is 4.63. The van der Waals surface area contributed by atoms with E-state index in [2.05, 4.69) is 6.92 Å². The number of phenols is 1. The van der Waals surface area contributed by atoms with Gasteiger partial charge in [0.2, 0.25) is 0 Å². The summed E-state index contributed by atoms with van der Waals surface area (Å²) in [5, 5.41) is 29.2. The molecule has 0 saturated carbocycles. The molecule has 2 aromatic carbocycles. The highest BCUT2D eigenvalue weighted by Crippen LogP contribution is 2.14. The number of carboxylic acid groups (broad SMARTS) is 1. The molecule has 2 aromatic rings. The number of nitrogens with zero attached hydrogens (tertiary/aromatic N) is 1. The smallest absolute Gasteiger partial charge is 0.322 e. The third-order valence-corrected chi connectivity index (χ3v) is 4.64. The summed E-state index contributed by atoms with van der Waals surface area (Å²) in [5.41, 5.74) is 1.85. The van der Waals surface area contributed by atoms with Crippen molar-refractivity contribution in [2.45, 2.75) is 58.1 Å². The number of phenolic OH excluding ortho intramolecular Hbond substituents is 1. The van der Waals surface area contributed by atoms with Crippen LogP contribution >= 0.6 is 0 Å². The molecule has 160 valence electrons. The molecule has 2 rings (SSSR count). The van der Waals surface area contributed by atoms with Crippen molar-refractivity contribution in [2.24, 2.45) is 5.84 Å². The van der Waals surface area contributed by atoms with Crippen LogP contribution in [0.5, 0.6) is 5.75 Å². The number of benzene rings is 2. The number of rotatable bonds is 10. The summed E-state index contributed by atoms with van der Waals surface area (Å²) < 4.78 is 0. The van der Waals surface area contributed by atoms with Crippen LogP contribution in [0.4, 0.5) is 0 Å². The third kappa shape index (κ3) is 9.56. The van der Waals surface area contributed by atoms with Crippen molar-refractivity contribution in [3.63, 3.8) is 0 Å². The van der Waals surface area contributed by atoms with Gasteiger partial charge in [0.15, 0.2) is 0 Å². The van der Waals surface area contributed by atoms with Crippen LogP contribution < -0.4 is 5.84 Å². The van der Waals surface area contributed by atoms with Gasteiger partial charge in [-0.1, -0.05) is 69.2 Å². The molecule has 6 nitrogen and oxygen atoms in total. The van der Waals surface area contributed by atoms with E-state index in [-0.39, 0.29) is 11.9 Å². The number of hydrogen-bond donors (Lipinski definition) is 4. The summed E-state index contributed by atoms with van der Waals surface area (Å²) in [5.74, 6) is 5.09. The minimum absolute atomic E-state index is 0.170. The van der Waals surface area contributed by atoms with E-state index in [1.165, 1.54) is 5.01 Å². The number of aliphatic hydroxyl groups is 1. The Hall–Kier alpha value is -2.41. The lowest BCUT2D eigenvalue weighted by Crippen LogP contribution is -2.47. The molecule has 0 aliphatic heterocycles. The van der Waals surface area contributed by atoms with E-state index in [9.17, 15) is 20.1 Å². The van der Waals surface area contributed by atoms with Gasteiger partial charge in [-0.2, -0.15) is 0 Å². The van der Waals surface area contributed by atoms with Crippen LogP contribution in [0.15, 0.2) is 54.6 Å². The van der Waals surface area contributed by atoms with Crippen molar-refractivity contribution >= 4 is 5.97 Å². The number of unbranched alkanes of at least 4 members (excludes halogenated alkanes) is 2. The lowest BCUT2D eigenvalue weighted by atomic mass is 10.1. The Labute approximate surface area is 173 Å². The van der Waals surface area contributed by atoms with Crippen molar-refractivity contribution in [3.05, 3.63) is 65.7 Å². The highest BCUT2D eigenvalue weighted by molar-refractivity contribution is 5.73. The van der Waals surface area contributed by atoms with Crippen LogP contribution in [0.25, 0.3) is 0 Å². The van der Waals surface area contributed by atoms with Crippen molar-refractivity contribution < 1.29 is 20.1 Å². The fourth-order valence-corrected chi connectivity index (χ4v) is 2.81. The lowest BCUT2D eigenvalue weighted by Gasteiger charge is -2.24. The van der Waals surface area contributed by atoms with E-state index in [0.717, 1.165) is 36.8 Å². The maximum absolute atomic E-state index is 11.3. The zero-order valence-corrected chi connectivity index (χ0v) is 17.4. The van der Waals surface area contributed by atoms with Crippen LogP contribution in [0.1, 0.15) is 56.8 Å². The Morgan fingerprint density at radius 2 is 1.66 bits per heavy atom. The molecule has 0 amide bonds. The average Bonchev–Trinajstić information content (AvgIpc) is 2.73. The molecule has 0 aliphatic carbocycles. The van der Waals surface area contributed by atoms with E-state index in [0.29, 0.717) is 13.0 Å². The van der Waals surface area contributed by atoms with Crippen LogP contribution in [0.3, 0.4) is 0 Å². The predicted octanol–water partition coefficient (Wildman–Crippen LogP) is 3.88. The molecule has 0 bridgehead atoms. The van der Waals surface area contributed by atoms with Gasteiger partial charge in [0.05, 0.1) is 6.10 Å². The van der Waals surface area contributed by atoms with Gasteiger partial charge in [0.1, 0.15) is 11.8 Å². The van der Waals surface area contributed by atoms with Crippen molar-refractivity contribution in [1.82, 2.24) is 5.01 Å². The Kier molecular flexibility index (Phi) is 11.6. The molecule has 0 saturated heterocycles. The summed E-state index contributed by atoms with van der Waals surface area (Å²) in [4.78, 5) is 11.3. The zero-order chi connectivity index (χ0) is 21.6. The van der Waals surface area contributed by atoms with Crippen LogP contribution in [-0.2, 0) is 11.2 Å². The number of aliphatic hydroxyl groups excluding tert-OH is 1. The molecule has 0 radical (unpaired) electrons. The van der Waals surface area contributed by atoms with E-state index >= 15 is 0 Å². The number of nitrogens with two attached hydrogens (primary N) is 1. The molecule has 0 aliphatic rings. The number of aliphatic carboxylic acids is 1. The topological polar surface area (TPSA) is 107 Å². The van der Waals surface area contributed by atoms with Crippen LogP contribution in [0, 0.1) is 0 Å². The van der Waals surface area contributed by atoms with Crippen molar-refractivity contribution in [1.29, 1.82) is 0 Å². The molecule has 2 atom stereocenters. The first-order valence-corrected chi connectivity index (χ1v) is 10.1. The van der Waals surface area contributed by atoms with Gasteiger partial charge in [0.25, 0.3) is 0 Å². The van der Waals surface area contributed by atoms with E-state index in [1.54, 1.807) is 24.3 Å². The monoisotopic (exact) mass is 402 g/mol. The standard InChI is InChI=1S/C14H22N2O3.C9H12O/c1-2-3-4-9-16(15)13(14(18)19)10-11-5-7-12(17)8-6-11;1-2-9(10)8-6-4-3-5-7-8/h5-8,13,17H,2-4,9-10,15H2,1H3,(H,18,19);3-7,9-10H,2H2,1H3. The third-order valence-electron chi connectivity index (χ3n) is 4.64. The van der Waals surface area contributed by atoms with Gasteiger partial charge >= 0.3 is 5.97 Å². The van der Waals surface area contributed by atoms with Gasteiger partial charge in [-0.15, -0.1) is 0 Å². The van der Waals surface area contributed by atoms with Crippen molar-refractivity contribution in [2.75, 3.05) is 6.54 Å². The quantitative estimate of drug-likeness (QED) is 0.273. The second-order valence-electron chi connectivity index (χ2n) is 7.00. The van der Waals surface area contributed by atoms with E-state index in [1.807, 2.05) is 37.3 Å². The summed E-state index contributed by atoms with van der Waals surface area (Å²) in [7, 11) is 0. The predicted molar refractivity (Wildman–Crippen MR) is 115 cm³/mol. The van der Waals surface area contributed by atoms with Gasteiger partial charge < -0.3 is 15.3 Å². The van der Waals surface area contributed by atoms with Crippen molar-refractivity contribution in [3.8, 4) is 5.75 Å². The first-order chi connectivity index (χ1) is 13.9. The Bertz CT molecular complexity index is 692. The normalized spacial score (nSPS) is 12.7. The van der Waals surface area contributed by atoms with E-state index < -0.39 is 12.0 Å². The first kappa shape index (κ1) is 24.6. The molecule has 0 fully saturated rings. The zero-order valence-electron chi connectivity index (χ0n) is 17.4. The summed E-state index contributed by atoms with van der Waals surface area (Å²) in [6, 6.07) is 15.5. The van der Waals surface area contributed by atoms with Gasteiger partial charge in [-0.05, 0) is 42.5 Å². The number of carboxylic acids is 1. The minimum Gasteiger partial charge on any atom is -0.508 e. The molecular weight excluding hydrogens is 368 g/mol. The summed E-state index contributed by atoms with van der Waals surface area (Å²) in [6.07, 6.45) is 3.83. The van der Waals surface area contributed by atoms with E-state index in [4.69, 9.17) is 5.84 Å². The molecule has 0 heterocycles. The fourth-order valence-electron chi connectivity index (χ4n) is 2.81. The average molecular weight is 403 g/mol. The maximum atomic E-state index is 11.3. The number of hydrazine groups is 1. The SMILES string of the molecule is CCC(O)c1ccccc1.CCCCCN(N)C(Cc1ccc(O)cc1)C(=O)O. The highest BCUT2D eigenvalue weighted by Gasteiger charge is 2.23. The minimum atomic E-state index is -0.924. The van der Waals surface area contributed by atoms with Gasteiger partial charge in [0, 0.05) is 6.54 Å². The molecule has 5 N–H and O–H groups in total. The second-order valence-corrected chi connectivity index (χ2v) is 7.00. The first-order valence-electron chi connectivity index (χ1n) is 10.1. The Morgan fingerprint density at radius 3 is 2.17 bits per heavy atom. The lowest BCUT2D eigenvalue weighted by molar-refractivity contribution is -0.143. The van der Waals surface area contributed by atoms with Crippen LogP contribution in [-0.4, -0.2) is 38.9 Å². The highest BCUT2D eigenvalue weighted by atomic mass is 16.4. The molecule has 29 heavy (non-hydrogen) atoms. The number of aromatic hydroxyl groups is 1. The molecular formula is C23H34N2O4. The molecule has 6 heteroatoms. The Balaban J connectivity index is 0.000000352. The molecule has 2 unspecified atom stereocenters. The van der Waals surface area contributed by atoms with Gasteiger partial charge in [-0.25, -0.2) is 5.01 Å². The number of hydrogen-bond acceptors (Lipinski definition) is 5. The van der Waals surface area contributed by atoms with Crippen LogP contribution in [0.2, 0.25) is 0 Å². The van der Waals surface area contributed by atoms with Gasteiger partial charge in [-0.3, -0.25) is 10.6 Å². The largest absolute Gasteiger partial charge is 0.508 e. The fraction of sp³-hybridized carbons (Fsp3) is 0.435. The second kappa shape index (κ2) is 13.7. The maximum Gasteiger partial charge on any atom is 0.322 e. The molecule has 0 spiro atoms. The molecule has 0 aromatic heterocycles.